The number of likely N-dealkylation sites (tertiary alicyclic amines) is 1. The average molecular weight is 406 g/mol. The topological polar surface area (TPSA) is 52.6 Å². The first-order valence-electron chi connectivity index (χ1n) is 9.77. The van der Waals surface area contributed by atoms with E-state index in [4.69, 9.17) is 0 Å². The van der Waals surface area contributed by atoms with Crippen LogP contribution >= 0.6 is 22.7 Å². The van der Waals surface area contributed by atoms with Crippen LogP contribution in [0.15, 0.2) is 27.9 Å². The van der Waals surface area contributed by atoms with E-state index in [0.717, 1.165) is 36.5 Å². The molecule has 1 saturated heterocycles. The number of thiophene rings is 1. The van der Waals surface area contributed by atoms with Crippen LogP contribution in [0.25, 0.3) is 0 Å². The fraction of sp³-hybridized carbons (Fsp3) is 0.600. The summed E-state index contributed by atoms with van der Waals surface area (Å²) in [6.45, 7) is 9.56. The summed E-state index contributed by atoms with van der Waals surface area (Å²) in [5, 5.41) is 12.3. The van der Waals surface area contributed by atoms with Crippen molar-refractivity contribution in [1.29, 1.82) is 0 Å². The van der Waals surface area contributed by atoms with Gasteiger partial charge in [-0.15, -0.1) is 22.7 Å². The lowest BCUT2D eigenvalue weighted by Gasteiger charge is -2.32. The molecule has 0 radical (unpaired) electrons. The second-order valence-corrected chi connectivity index (χ2v) is 9.40. The third-order valence-corrected chi connectivity index (χ3v) is 6.74. The molecule has 3 rings (SSSR count). The van der Waals surface area contributed by atoms with Crippen LogP contribution < -0.4 is 10.6 Å². The molecule has 3 heterocycles. The molecule has 0 spiro atoms. The minimum atomic E-state index is 0.484. The minimum absolute atomic E-state index is 0.484. The van der Waals surface area contributed by atoms with Gasteiger partial charge < -0.3 is 10.6 Å². The van der Waals surface area contributed by atoms with Gasteiger partial charge in [0.25, 0.3) is 0 Å². The van der Waals surface area contributed by atoms with Crippen molar-refractivity contribution in [1.82, 2.24) is 20.5 Å². The molecule has 148 valence electrons. The van der Waals surface area contributed by atoms with Crippen molar-refractivity contribution in [2.45, 2.75) is 45.7 Å². The summed E-state index contributed by atoms with van der Waals surface area (Å²) in [6, 6.07) is 4.38. The van der Waals surface area contributed by atoms with Gasteiger partial charge >= 0.3 is 0 Å². The van der Waals surface area contributed by atoms with E-state index in [2.05, 4.69) is 62.3 Å². The number of rotatable bonds is 7. The van der Waals surface area contributed by atoms with E-state index in [-0.39, 0.29) is 0 Å². The van der Waals surface area contributed by atoms with E-state index < -0.39 is 0 Å². The first kappa shape index (κ1) is 20.3. The molecular weight excluding hydrogens is 374 g/mol. The summed E-state index contributed by atoms with van der Waals surface area (Å²) < 4.78 is 0. The van der Waals surface area contributed by atoms with Gasteiger partial charge in [-0.1, -0.05) is 19.9 Å². The van der Waals surface area contributed by atoms with E-state index in [0.29, 0.717) is 5.92 Å². The highest BCUT2D eigenvalue weighted by Gasteiger charge is 2.19. The fourth-order valence-electron chi connectivity index (χ4n) is 3.26. The third kappa shape index (κ3) is 6.30. The van der Waals surface area contributed by atoms with Crippen molar-refractivity contribution in [2.24, 2.45) is 10.9 Å². The Morgan fingerprint density at radius 3 is 2.74 bits per heavy atom. The van der Waals surface area contributed by atoms with Crippen LogP contribution in [0.3, 0.4) is 0 Å². The van der Waals surface area contributed by atoms with E-state index in [1.165, 1.54) is 36.5 Å². The Kier molecular flexibility index (Phi) is 7.67. The van der Waals surface area contributed by atoms with E-state index in [1.54, 1.807) is 11.3 Å². The summed E-state index contributed by atoms with van der Waals surface area (Å²) >= 11 is 3.58. The van der Waals surface area contributed by atoms with Gasteiger partial charge in [0, 0.05) is 30.4 Å². The van der Waals surface area contributed by atoms with Crippen molar-refractivity contribution < 1.29 is 0 Å². The molecule has 0 unspecified atom stereocenters. The van der Waals surface area contributed by atoms with Crippen molar-refractivity contribution in [3.8, 4) is 0 Å². The van der Waals surface area contributed by atoms with Gasteiger partial charge in [0.15, 0.2) is 5.96 Å². The molecule has 2 N–H and O–H groups in total. The van der Waals surface area contributed by atoms with E-state index in [9.17, 15) is 0 Å². The number of piperidine rings is 1. The van der Waals surface area contributed by atoms with Crippen LogP contribution in [-0.2, 0) is 13.1 Å². The smallest absolute Gasteiger partial charge is 0.191 e. The van der Waals surface area contributed by atoms with E-state index in [1.807, 2.05) is 18.4 Å². The number of thiazole rings is 1. The normalized spacial score (nSPS) is 16.8. The summed E-state index contributed by atoms with van der Waals surface area (Å²) in [5.74, 6) is 2.07. The van der Waals surface area contributed by atoms with Crippen molar-refractivity contribution in [2.75, 3.05) is 26.7 Å². The third-order valence-electron chi connectivity index (χ3n) is 5.02. The van der Waals surface area contributed by atoms with Crippen molar-refractivity contribution in [3.63, 3.8) is 0 Å². The molecule has 2 aromatic rings. The number of hydrogen-bond donors (Lipinski definition) is 2. The molecule has 0 aliphatic carbocycles. The Labute approximate surface area is 170 Å². The van der Waals surface area contributed by atoms with Crippen LogP contribution in [-0.4, -0.2) is 42.5 Å². The lowest BCUT2D eigenvalue weighted by Crippen LogP contribution is -2.42. The number of nitrogens with zero attached hydrogens (tertiary/aromatic N) is 3. The highest BCUT2D eigenvalue weighted by atomic mass is 32.1. The second kappa shape index (κ2) is 10.2. The van der Waals surface area contributed by atoms with Gasteiger partial charge in [-0.2, -0.15) is 0 Å². The maximum atomic E-state index is 4.67. The molecule has 27 heavy (non-hydrogen) atoms. The van der Waals surface area contributed by atoms with Gasteiger partial charge in [0.1, 0.15) is 5.01 Å². The molecule has 1 aliphatic heterocycles. The number of aliphatic imine (C=N–C) groups is 1. The first-order valence-corrected chi connectivity index (χ1v) is 11.5. The summed E-state index contributed by atoms with van der Waals surface area (Å²) in [5.41, 5.74) is 1.18. The zero-order chi connectivity index (χ0) is 19.1. The molecule has 0 saturated carbocycles. The number of aromatic nitrogens is 1. The minimum Gasteiger partial charge on any atom is -0.356 e. The summed E-state index contributed by atoms with van der Waals surface area (Å²) in [4.78, 5) is 13.1. The van der Waals surface area contributed by atoms with Gasteiger partial charge in [-0.25, -0.2) is 4.98 Å². The van der Waals surface area contributed by atoms with Crippen LogP contribution in [0.2, 0.25) is 0 Å². The lowest BCUT2D eigenvalue weighted by atomic mass is 9.97. The Morgan fingerprint density at radius 1 is 1.30 bits per heavy atom. The van der Waals surface area contributed by atoms with Crippen LogP contribution in [0.4, 0.5) is 0 Å². The number of nitrogens with one attached hydrogen (secondary N) is 2. The fourth-order valence-corrected chi connectivity index (χ4v) is 4.91. The average Bonchev–Trinajstić information content (AvgIpc) is 3.35. The predicted molar refractivity (Wildman–Crippen MR) is 117 cm³/mol. The lowest BCUT2D eigenvalue weighted by molar-refractivity contribution is 0.179. The highest BCUT2D eigenvalue weighted by molar-refractivity contribution is 7.10. The van der Waals surface area contributed by atoms with Gasteiger partial charge in [0.05, 0.1) is 12.2 Å². The molecule has 2 aromatic heterocycles. The molecule has 5 nitrogen and oxygen atoms in total. The van der Waals surface area contributed by atoms with Crippen molar-refractivity contribution >= 4 is 28.6 Å². The number of hydrogen-bond acceptors (Lipinski definition) is 5. The monoisotopic (exact) mass is 405 g/mol. The van der Waals surface area contributed by atoms with Crippen LogP contribution in [0.1, 0.15) is 48.2 Å². The highest BCUT2D eigenvalue weighted by Crippen LogP contribution is 2.20. The number of guanidine groups is 1. The summed E-state index contributed by atoms with van der Waals surface area (Å²) in [6.07, 6.45) is 2.50. The second-order valence-electron chi connectivity index (χ2n) is 7.43. The van der Waals surface area contributed by atoms with Gasteiger partial charge in [-0.3, -0.25) is 9.89 Å². The zero-order valence-corrected chi connectivity index (χ0v) is 18.2. The largest absolute Gasteiger partial charge is 0.356 e. The molecule has 1 aliphatic rings. The molecule has 0 aromatic carbocycles. The predicted octanol–water partition coefficient (Wildman–Crippen LogP) is 3.91. The molecule has 7 heteroatoms. The van der Waals surface area contributed by atoms with Crippen LogP contribution in [0, 0.1) is 5.92 Å². The molecule has 1 fully saturated rings. The SMILES string of the molecule is CN=C(NCc1nc(C(C)C)cs1)NCC1CCN(Cc2cccs2)CC1. The quantitative estimate of drug-likeness (QED) is 0.542. The molecule has 0 bridgehead atoms. The zero-order valence-electron chi connectivity index (χ0n) is 16.6. The maximum Gasteiger partial charge on any atom is 0.191 e. The summed E-state index contributed by atoms with van der Waals surface area (Å²) in [7, 11) is 1.83. The molecule has 0 amide bonds. The van der Waals surface area contributed by atoms with Gasteiger partial charge in [-0.05, 0) is 49.2 Å². The standard InChI is InChI=1S/C20H31N5S2/c1-15(2)18-14-27-19(24-18)12-23-20(21-3)22-11-16-6-8-25(9-7-16)13-17-5-4-10-26-17/h4-5,10,14-16H,6-9,11-13H2,1-3H3,(H2,21,22,23). The Balaban J connectivity index is 1.36. The molecule has 0 atom stereocenters. The van der Waals surface area contributed by atoms with Gasteiger partial charge in [0.2, 0.25) is 0 Å². The van der Waals surface area contributed by atoms with Crippen molar-refractivity contribution in [3.05, 3.63) is 38.5 Å². The van der Waals surface area contributed by atoms with E-state index >= 15 is 0 Å². The van der Waals surface area contributed by atoms with Crippen LogP contribution in [0.5, 0.6) is 0 Å². The first-order chi connectivity index (χ1) is 13.1. The Morgan fingerprint density at radius 2 is 2.11 bits per heavy atom. The Hall–Kier alpha value is -1.44. The maximum absolute atomic E-state index is 4.67. The molecular formula is C20H31N5S2. The Bertz CT molecular complexity index is 700.